The van der Waals surface area contributed by atoms with Crippen LogP contribution in [0.25, 0.3) is 0 Å². The molecular formula is C11H19N3O5. The van der Waals surface area contributed by atoms with Crippen LogP contribution in [-0.2, 0) is 19.1 Å². The summed E-state index contributed by atoms with van der Waals surface area (Å²) in [6, 6.07) is -1.51. The highest BCUT2D eigenvalue weighted by Gasteiger charge is 2.32. The SMILES string of the molecule is CCN1CCOC[C@@H]1C(=O)O[C@H](C)C(=O)NC(N)=O. The Bertz CT molecular complexity index is 360. The van der Waals surface area contributed by atoms with E-state index in [4.69, 9.17) is 15.2 Å². The predicted molar refractivity (Wildman–Crippen MR) is 65.1 cm³/mol. The van der Waals surface area contributed by atoms with Gasteiger partial charge >= 0.3 is 12.0 Å². The fourth-order valence-electron chi connectivity index (χ4n) is 1.76. The van der Waals surface area contributed by atoms with E-state index in [0.717, 1.165) is 0 Å². The fraction of sp³-hybridized carbons (Fsp3) is 0.727. The molecule has 1 rings (SSSR count). The second-order valence-corrected chi connectivity index (χ2v) is 4.15. The summed E-state index contributed by atoms with van der Waals surface area (Å²) in [6.45, 7) is 5.42. The number of primary amides is 1. The number of esters is 1. The van der Waals surface area contributed by atoms with E-state index in [9.17, 15) is 14.4 Å². The lowest BCUT2D eigenvalue weighted by Gasteiger charge is -2.33. The van der Waals surface area contributed by atoms with E-state index in [0.29, 0.717) is 19.7 Å². The number of urea groups is 1. The van der Waals surface area contributed by atoms with Crippen molar-refractivity contribution in [2.24, 2.45) is 5.73 Å². The third-order valence-corrected chi connectivity index (χ3v) is 2.83. The van der Waals surface area contributed by atoms with Gasteiger partial charge in [-0.3, -0.25) is 19.8 Å². The molecule has 1 fully saturated rings. The Morgan fingerprint density at radius 3 is 2.79 bits per heavy atom. The normalized spacial score (nSPS) is 21.5. The number of likely N-dealkylation sites (N-methyl/N-ethyl adjacent to an activating group) is 1. The highest BCUT2D eigenvalue weighted by molar-refractivity contribution is 5.96. The molecule has 3 N–H and O–H groups in total. The molecule has 0 aromatic carbocycles. The van der Waals surface area contributed by atoms with E-state index in [-0.39, 0.29) is 6.61 Å². The van der Waals surface area contributed by atoms with Gasteiger partial charge in [0, 0.05) is 6.54 Å². The van der Waals surface area contributed by atoms with Crippen LogP contribution >= 0.6 is 0 Å². The van der Waals surface area contributed by atoms with Crippen molar-refractivity contribution in [3.63, 3.8) is 0 Å². The van der Waals surface area contributed by atoms with E-state index < -0.39 is 30.1 Å². The Hall–Kier alpha value is -1.67. The predicted octanol–water partition coefficient (Wildman–Crippen LogP) is -1.17. The molecule has 1 aliphatic rings. The van der Waals surface area contributed by atoms with Crippen LogP contribution in [0.2, 0.25) is 0 Å². The standard InChI is InChI=1S/C11H19N3O5/c1-3-14-4-5-18-6-8(14)10(16)19-7(2)9(15)13-11(12)17/h7-8H,3-6H2,1-2H3,(H3,12,13,15,17)/t7-,8-/m1/s1. The van der Waals surface area contributed by atoms with Gasteiger partial charge in [0.25, 0.3) is 5.91 Å². The van der Waals surface area contributed by atoms with Crippen LogP contribution in [-0.4, -0.2) is 61.3 Å². The molecule has 2 atom stereocenters. The molecule has 8 heteroatoms. The highest BCUT2D eigenvalue weighted by Crippen LogP contribution is 2.09. The zero-order chi connectivity index (χ0) is 14.4. The lowest BCUT2D eigenvalue weighted by atomic mass is 10.2. The molecular weight excluding hydrogens is 254 g/mol. The summed E-state index contributed by atoms with van der Waals surface area (Å²) >= 11 is 0. The number of hydrogen-bond donors (Lipinski definition) is 2. The minimum absolute atomic E-state index is 0.233. The van der Waals surface area contributed by atoms with Crippen molar-refractivity contribution in [1.82, 2.24) is 10.2 Å². The van der Waals surface area contributed by atoms with Crippen molar-refractivity contribution in [2.75, 3.05) is 26.3 Å². The van der Waals surface area contributed by atoms with Crippen molar-refractivity contribution in [3.05, 3.63) is 0 Å². The van der Waals surface area contributed by atoms with Crippen molar-refractivity contribution in [3.8, 4) is 0 Å². The van der Waals surface area contributed by atoms with Gasteiger partial charge in [0.2, 0.25) is 0 Å². The van der Waals surface area contributed by atoms with Crippen LogP contribution in [0.15, 0.2) is 0 Å². The van der Waals surface area contributed by atoms with Gasteiger partial charge in [0.05, 0.1) is 13.2 Å². The lowest BCUT2D eigenvalue weighted by Crippen LogP contribution is -2.52. The van der Waals surface area contributed by atoms with Crippen molar-refractivity contribution in [1.29, 1.82) is 0 Å². The summed E-state index contributed by atoms with van der Waals surface area (Å²) in [4.78, 5) is 35.7. The first-order valence-corrected chi connectivity index (χ1v) is 6.08. The third-order valence-electron chi connectivity index (χ3n) is 2.83. The molecule has 0 spiro atoms. The first-order valence-electron chi connectivity index (χ1n) is 6.08. The smallest absolute Gasteiger partial charge is 0.326 e. The first kappa shape index (κ1) is 15.4. The average molecular weight is 273 g/mol. The summed E-state index contributed by atoms with van der Waals surface area (Å²) in [7, 11) is 0. The van der Waals surface area contributed by atoms with Crippen LogP contribution in [0.3, 0.4) is 0 Å². The van der Waals surface area contributed by atoms with Crippen LogP contribution in [0.4, 0.5) is 4.79 Å². The summed E-state index contributed by atoms with van der Waals surface area (Å²) in [5, 5.41) is 1.85. The zero-order valence-corrected chi connectivity index (χ0v) is 11.0. The number of ether oxygens (including phenoxy) is 2. The van der Waals surface area contributed by atoms with Crippen LogP contribution in [0.5, 0.6) is 0 Å². The number of carbonyl (C=O) groups excluding carboxylic acids is 3. The maximum absolute atomic E-state index is 11.9. The van der Waals surface area contributed by atoms with Gasteiger partial charge in [-0.1, -0.05) is 6.92 Å². The minimum atomic E-state index is -1.08. The largest absolute Gasteiger partial charge is 0.451 e. The zero-order valence-electron chi connectivity index (χ0n) is 11.0. The molecule has 0 bridgehead atoms. The van der Waals surface area contributed by atoms with Crippen LogP contribution in [0, 0.1) is 0 Å². The molecule has 1 aliphatic heterocycles. The Balaban J connectivity index is 2.53. The summed E-state index contributed by atoms with van der Waals surface area (Å²) in [5.74, 6) is -1.30. The van der Waals surface area contributed by atoms with E-state index in [1.807, 2.05) is 17.1 Å². The molecule has 0 aromatic rings. The first-order chi connectivity index (χ1) is 8.95. The molecule has 1 heterocycles. The Morgan fingerprint density at radius 1 is 1.53 bits per heavy atom. The molecule has 0 aromatic heterocycles. The Labute approximate surface area is 111 Å². The van der Waals surface area contributed by atoms with Crippen molar-refractivity contribution in [2.45, 2.75) is 26.0 Å². The number of carbonyl (C=O) groups is 3. The third kappa shape index (κ3) is 4.49. The lowest BCUT2D eigenvalue weighted by molar-refractivity contribution is -0.164. The maximum atomic E-state index is 11.9. The maximum Gasteiger partial charge on any atom is 0.326 e. The molecule has 0 aliphatic carbocycles. The van der Waals surface area contributed by atoms with E-state index >= 15 is 0 Å². The molecule has 3 amide bonds. The molecule has 0 saturated carbocycles. The number of nitrogens with zero attached hydrogens (tertiary/aromatic N) is 1. The van der Waals surface area contributed by atoms with Gasteiger partial charge in [0.1, 0.15) is 6.04 Å². The average Bonchev–Trinajstić information content (AvgIpc) is 2.37. The minimum Gasteiger partial charge on any atom is -0.451 e. The van der Waals surface area contributed by atoms with Gasteiger partial charge in [-0.05, 0) is 13.5 Å². The van der Waals surface area contributed by atoms with Gasteiger partial charge in [-0.15, -0.1) is 0 Å². The van der Waals surface area contributed by atoms with Crippen LogP contribution in [0.1, 0.15) is 13.8 Å². The second kappa shape index (κ2) is 7.05. The van der Waals surface area contributed by atoms with Crippen molar-refractivity contribution < 1.29 is 23.9 Å². The molecule has 19 heavy (non-hydrogen) atoms. The molecule has 0 unspecified atom stereocenters. The Morgan fingerprint density at radius 2 is 2.21 bits per heavy atom. The number of nitrogens with one attached hydrogen (secondary N) is 1. The number of hydrogen-bond acceptors (Lipinski definition) is 6. The van der Waals surface area contributed by atoms with Gasteiger partial charge in [-0.25, -0.2) is 4.79 Å². The Kier molecular flexibility index (Phi) is 5.71. The topological polar surface area (TPSA) is 111 Å². The van der Waals surface area contributed by atoms with Gasteiger partial charge < -0.3 is 15.2 Å². The van der Waals surface area contributed by atoms with Crippen molar-refractivity contribution >= 4 is 17.9 Å². The number of nitrogens with two attached hydrogens (primary N) is 1. The number of amides is 3. The molecule has 108 valence electrons. The molecule has 0 radical (unpaired) electrons. The highest BCUT2D eigenvalue weighted by atomic mass is 16.6. The summed E-state index contributed by atoms with van der Waals surface area (Å²) < 4.78 is 10.2. The second-order valence-electron chi connectivity index (χ2n) is 4.15. The molecule has 8 nitrogen and oxygen atoms in total. The van der Waals surface area contributed by atoms with E-state index in [1.165, 1.54) is 6.92 Å². The van der Waals surface area contributed by atoms with Crippen LogP contribution < -0.4 is 11.1 Å². The quantitative estimate of drug-likeness (QED) is 0.625. The van der Waals surface area contributed by atoms with E-state index in [1.54, 1.807) is 0 Å². The number of imide groups is 1. The summed E-state index contributed by atoms with van der Waals surface area (Å²) in [6.07, 6.45) is -1.08. The summed E-state index contributed by atoms with van der Waals surface area (Å²) in [5.41, 5.74) is 4.81. The number of rotatable bonds is 4. The van der Waals surface area contributed by atoms with E-state index in [2.05, 4.69) is 0 Å². The molecule has 1 saturated heterocycles. The fourth-order valence-corrected chi connectivity index (χ4v) is 1.76. The van der Waals surface area contributed by atoms with Gasteiger partial charge in [0.15, 0.2) is 6.10 Å². The number of morpholine rings is 1. The van der Waals surface area contributed by atoms with Gasteiger partial charge in [-0.2, -0.15) is 0 Å². The monoisotopic (exact) mass is 273 g/mol.